The number of hydrogen-bond acceptors (Lipinski definition) is 5. The smallest absolute Gasteiger partial charge is 0.346 e. The fraction of sp³-hybridized carbons (Fsp3) is 0.294. The first-order valence-electron chi connectivity index (χ1n) is 7.91. The van der Waals surface area contributed by atoms with Crippen molar-refractivity contribution in [3.05, 3.63) is 46.3 Å². The van der Waals surface area contributed by atoms with Gasteiger partial charge in [-0.25, -0.2) is 13.2 Å². The quantitative estimate of drug-likeness (QED) is 0.826. The van der Waals surface area contributed by atoms with Crippen LogP contribution in [0.3, 0.4) is 0 Å². The van der Waals surface area contributed by atoms with E-state index in [1.807, 2.05) is 12.1 Å². The molecular formula is C17H18N2O5S2. The number of benzene rings is 1. The SMILES string of the molecule is CC(=O)NC1Cc2ccccc2N(S(=O)(=O)c2cc(C)c(C(=O)O)s2)C1. The van der Waals surface area contributed by atoms with E-state index in [9.17, 15) is 23.1 Å². The molecule has 0 aliphatic carbocycles. The van der Waals surface area contributed by atoms with Crippen molar-refractivity contribution >= 4 is 38.9 Å². The second-order valence-electron chi connectivity index (χ2n) is 6.15. The summed E-state index contributed by atoms with van der Waals surface area (Å²) in [6.45, 7) is 3.06. The average molecular weight is 394 g/mol. The third-order valence-electron chi connectivity index (χ3n) is 4.15. The lowest BCUT2D eigenvalue weighted by atomic mass is 10.00. The van der Waals surface area contributed by atoms with Gasteiger partial charge in [-0.15, -0.1) is 11.3 Å². The number of amides is 1. The third-order valence-corrected chi connectivity index (χ3v) is 7.61. The topological polar surface area (TPSA) is 104 Å². The number of nitrogens with zero attached hydrogens (tertiary/aromatic N) is 1. The molecule has 1 aromatic heterocycles. The second-order valence-corrected chi connectivity index (χ2v) is 9.29. The Balaban J connectivity index is 2.06. The molecule has 1 aromatic carbocycles. The van der Waals surface area contributed by atoms with Gasteiger partial charge in [-0.05, 0) is 36.6 Å². The summed E-state index contributed by atoms with van der Waals surface area (Å²) in [5, 5.41) is 12.0. The van der Waals surface area contributed by atoms with Crippen molar-refractivity contribution in [3.8, 4) is 0 Å². The minimum atomic E-state index is -3.94. The Morgan fingerprint density at radius 2 is 2.00 bits per heavy atom. The molecule has 1 unspecified atom stereocenters. The van der Waals surface area contributed by atoms with Crippen LogP contribution in [-0.4, -0.2) is 38.0 Å². The number of carbonyl (C=O) groups is 2. The van der Waals surface area contributed by atoms with Crippen LogP contribution in [0.5, 0.6) is 0 Å². The van der Waals surface area contributed by atoms with E-state index >= 15 is 0 Å². The highest BCUT2D eigenvalue weighted by Crippen LogP contribution is 2.35. The molecule has 26 heavy (non-hydrogen) atoms. The minimum absolute atomic E-state index is 0.00674. The zero-order valence-electron chi connectivity index (χ0n) is 14.2. The van der Waals surface area contributed by atoms with Crippen molar-refractivity contribution in [2.24, 2.45) is 0 Å². The number of anilines is 1. The van der Waals surface area contributed by atoms with Crippen LogP contribution >= 0.6 is 11.3 Å². The lowest BCUT2D eigenvalue weighted by Gasteiger charge is -2.35. The van der Waals surface area contributed by atoms with E-state index in [2.05, 4.69) is 5.32 Å². The number of sulfonamides is 1. The van der Waals surface area contributed by atoms with Crippen molar-refractivity contribution in [3.63, 3.8) is 0 Å². The highest BCUT2D eigenvalue weighted by molar-refractivity contribution is 7.94. The Morgan fingerprint density at radius 1 is 1.31 bits per heavy atom. The van der Waals surface area contributed by atoms with Gasteiger partial charge in [0, 0.05) is 6.92 Å². The zero-order chi connectivity index (χ0) is 19.1. The molecular weight excluding hydrogens is 376 g/mol. The van der Waals surface area contributed by atoms with E-state index in [1.54, 1.807) is 19.1 Å². The fourth-order valence-electron chi connectivity index (χ4n) is 3.07. The predicted molar refractivity (Wildman–Crippen MR) is 98.3 cm³/mol. The summed E-state index contributed by atoms with van der Waals surface area (Å²) in [5.41, 5.74) is 1.77. The van der Waals surface area contributed by atoms with Gasteiger partial charge in [-0.2, -0.15) is 0 Å². The van der Waals surface area contributed by atoms with Crippen molar-refractivity contribution in [2.45, 2.75) is 30.5 Å². The van der Waals surface area contributed by atoms with Crippen LogP contribution in [0, 0.1) is 6.92 Å². The van der Waals surface area contributed by atoms with Gasteiger partial charge in [0.2, 0.25) is 5.91 Å². The number of hydrogen-bond donors (Lipinski definition) is 2. The number of nitrogens with one attached hydrogen (secondary N) is 1. The maximum atomic E-state index is 13.2. The Hall–Kier alpha value is -2.39. The molecule has 9 heteroatoms. The molecule has 0 saturated carbocycles. The van der Waals surface area contributed by atoms with Gasteiger partial charge in [-0.1, -0.05) is 18.2 Å². The molecule has 0 fully saturated rings. The van der Waals surface area contributed by atoms with Crippen LogP contribution in [0.4, 0.5) is 5.69 Å². The van der Waals surface area contributed by atoms with E-state index in [0.29, 0.717) is 17.7 Å². The van der Waals surface area contributed by atoms with E-state index < -0.39 is 16.0 Å². The van der Waals surface area contributed by atoms with Gasteiger partial charge in [0.05, 0.1) is 18.3 Å². The summed E-state index contributed by atoms with van der Waals surface area (Å²) in [4.78, 5) is 22.7. The van der Waals surface area contributed by atoms with E-state index in [0.717, 1.165) is 16.9 Å². The monoisotopic (exact) mass is 394 g/mol. The molecule has 2 N–H and O–H groups in total. The van der Waals surface area contributed by atoms with E-state index in [-0.39, 0.29) is 27.6 Å². The van der Waals surface area contributed by atoms with E-state index in [4.69, 9.17) is 0 Å². The number of carboxylic acids is 1. The Kier molecular flexibility index (Phi) is 4.76. The largest absolute Gasteiger partial charge is 0.477 e. The predicted octanol–water partition coefficient (Wildman–Crippen LogP) is 2.01. The number of aromatic carboxylic acids is 1. The second kappa shape index (κ2) is 6.73. The molecule has 2 heterocycles. The molecule has 0 spiro atoms. The average Bonchev–Trinajstić information content (AvgIpc) is 2.96. The van der Waals surface area contributed by atoms with Crippen LogP contribution in [0.2, 0.25) is 0 Å². The number of carbonyl (C=O) groups excluding carboxylic acids is 1. The van der Waals surface area contributed by atoms with Crippen molar-refractivity contribution in [2.75, 3.05) is 10.8 Å². The number of thiophene rings is 1. The van der Waals surface area contributed by atoms with Crippen molar-refractivity contribution in [1.82, 2.24) is 5.32 Å². The van der Waals surface area contributed by atoms with Crippen molar-refractivity contribution in [1.29, 1.82) is 0 Å². The molecule has 3 rings (SSSR count). The first kappa shape index (κ1) is 18.4. The van der Waals surface area contributed by atoms with Gasteiger partial charge in [-0.3, -0.25) is 9.10 Å². The molecule has 0 saturated heterocycles. The molecule has 138 valence electrons. The van der Waals surface area contributed by atoms with Crippen LogP contribution < -0.4 is 9.62 Å². The van der Waals surface area contributed by atoms with Crippen molar-refractivity contribution < 1.29 is 23.1 Å². The molecule has 0 radical (unpaired) electrons. The number of para-hydroxylation sites is 1. The first-order valence-corrected chi connectivity index (χ1v) is 10.2. The molecule has 1 atom stereocenters. The number of rotatable bonds is 4. The molecule has 7 nitrogen and oxygen atoms in total. The molecule has 1 aliphatic heterocycles. The summed E-state index contributed by atoms with van der Waals surface area (Å²) in [5.74, 6) is -1.38. The molecule has 2 aromatic rings. The Morgan fingerprint density at radius 3 is 2.62 bits per heavy atom. The lowest BCUT2D eigenvalue weighted by Crippen LogP contribution is -2.49. The summed E-state index contributed by atoms with van der Waals surface area (Å²) >= 11 is 0.741. The van der Waals surface area contributed by atoms with Gasteiger partial charge < -0.3 is 10.4 Å². The zero-order valence-corrected chi connectivity index (χ0v) is 15.9. The summed E-state index contributed by atoms with van der Waals surface area (Å²) in [6, 6.07) is 8.15. The van der Waals surface area contributed by atoms with Crippen LogP contribution in [0.1, 0.15) is 27.7 Å². The van der Waals surface area contributed by atoms with E-state index in [1.165, 1.54) is 17.3 Å². The first-order chi connectivity index (χ1) is 12.2. The number of aryl methyl sites for hydroxylation is 1. The maximum absolute atomic E-state index is 13.2. The van der Waals surface area contributed by atoms with Gasteiger partial charge in [0.25, 0.3) is 10.0 Å². The van der Waals surface area contributed by atoms with Gasteiger partial charge in [0.15, 0.2) is 0 Å². The standard InChI is InChI=1S/C17H18N2O5S2/c1-10-7-15(25-16(10)17(21)22)26(23,24)19-9-13(18-11(2)20)8-12-5-3-4-6-14(12)19/h3-7,13H,8-9H2,1-2H3,(H,18,20)(H,21,22). The van der Waals surface area contributed by atoms with Gasteiger partial charge >= 0.3 is 5.97 Å². The highest BCUT2D eigenvalue weighted by atomic mass is 32.2. The Bertz CT molecular complexity index is 981. The fourth-order valence-corrected chi connectivity index (χ4v) is 6.11. The van der Waals surface area contributed by atoms with Gasteiger partial charge in [0.1, 0.15) is 9.09 Å². The lowest BCUT2D eigenvalue weighted by molar-refractivity contribution is -0.119. The summed E-state index contributed by atoms with van der Waals surface area (Å²) in [7, 11) is -3.94. The Labute approximate surface area is 155 Å². The normalized spacial score (nSPS) is 16.8. The summed E-state index contributed by atoms with van der Waals surface area (Å²) in [6.07, 6.45) is 0.533. The molecule has 0 bridgehead atoms. The molecule has 1 aliphatic rings. The van der Waals surface area contributed by atoms with Crippen LogP contribution in [0.25, 0.3) is 0 Å². The third kappa shape index (κ3) is 3.32. The highest BCUT2D eigenvalue weighted by Gasteiger charge is 2.35. The number of fused-ring (bicyclic) bond motifs is 1. The minimum Gasteiger partial charge on any atom is -0.477 e. The van der Waals surface area contributed by atoms with Crippen LogP contribution in [0.15, 0.2) is 34.5 Å². The van der Waals surface area contributed by atoms with Crippen LogP contribution in [-0.2, 0) is 21.2 Å². The molecule has 1 amide bonds. The maximum Gasteiger partial charge on any atom is 0.346 e. The number of carboxylic acid groups (broad SMARTS) is 1. The summed E-state index contributed by atoms with van der Waals surface area (Å²) < 4.78 is 27.6.